The van der Waals surface area contributed by atoms with E-state index in [2.05, 4.69) is 5.32 Å². The van der Waals surface area contributed by atoms with Crippen LogP contribution < -0.4 is 5.32 Å². The highest BCUT2D eigenvalue weighted by Gasteiger charge is 2.41. The van der Waals surface area contributed by atoms with E-state index >= 15 is 0 Å². The molecule has 0 aliphatic heterocycles. The van der Waals surface area contributed by atoms with Crippen LogP contribution in [0.25, 0.3) is 5.69 Å². The van der Waals surface area contributed by atoms with Crippen molar-refractivity contribution in [1.29, 1.82) is 0 Å². The number of nitrogens with one attached hydrogen (secondary N) is 1. The molecule has 0 saturated heterocycles. The lowest BCUT2D eigenvalue weighted by Crippen LogP contribution is -2.13. The van der Waals surface area contributed by atoms with Crippen LogP contribution in [0.15, 0.2) is 54.6 Å². The second-order valence-electron chi connectivity index (χ2n) is 7.27. The fourth-order valence-corrected chi connectivity index (χ4v) is 4.23. The minimum Gasteiger partial charge on any atom is -0.494 e. The summed E-state index contributed by atoms with van der Waals surface area (Å²) in [6.45, 7) is 0. The van der Waals surface area contributed by atoms with E-state index in [0.717, 1.165) is 35.7 Å². The Morgan fingerprint density at radius 2 is 1.59 bits per heavy atom. The smallest absolute Gasteiger partial charge is 0.255 e. The van der Waals surface area contributed by atoms with E-state index in [1.54, 1.807) is 12.1 Å². The highest BCUT2D eigenvalue weighted by atomic mass is 19.1. The van der Waals surface area contributed by atoms with Gasteiger partial charge in [0.05, 0.1) is 11.4 Å². The standard InChI is InChI=1S/C22H16F2N2O3/c23-14-5-8-16(24)17(10-14)25-20(27)11-3-6-15(7-4-11)26-21(28)18-12-1-2-13(9-12)19(18)22(26)29/h1-8,10,12-13,28-29H,9H2,(H,25,27)/t12-,13+. The molecular formula is C22H16F2N2O3. The molecule has 2 aliphatic rings. The number of aromatic hydroxyl groups is 2. The van der Waals surface area contributed by atoms with Crippen molar-refractivity contribution >= 4 is 11.6 Å². The van der Waals surface area contributed by atoms with E-state index in [1.165, 1.54) is 16.7 Å². The minimum atomic E-state index is -0.740. The maximum Gasteiger partial charge on any atom is 0.255 e. The first-order valence-electron chi connectivity index (χ1n) is 9.15. The zero-order valence-electron chi connectivity index (χ0n) is 15.1. The van der Waals surface area contributed by atoms with Crippen LogP contribution in [0.5, 0.6) is 11.8 Å². The second-order valence-corrected chi connectivity index (χ2v) is 7.27. The topological polar surface area (TPSA) is 74.5 Å². The number of amides is 1. The van der Waals surface area contributed by atoms with Gasteiger partial charge in [-0.25, -0.2) is 8.78 Å². The first-order valence-corrected chi connectivity index (χ1v) is 9.15. The van der Waals surface area contributed by atoms with Crippen LogP contribution in [0.3, 0.4) is 0 Å². The summed E-state index contributed by atoms with van der Waals surface area (Å²) in [5.41, 5.74) is 1.95. The molecule has 5 nitrogen and oxygen atoms in total. The van der Waals surface area contributed by atoms with Gasteiger partial charge in [0.2, 0.25) is 11.8 Å². The average Bonchev–Trinajstić information content (AvgIpc) is 3.39. The van der Waals surface area contributed by atoms with Crippen molar-refractivity contribution in [2.24, 2.45) is 0 Å². The van der Waals surface area contributed by atoms with Gasteiger partial charge in [-0.1, -0.05) is 12.2 Å². The number of benzene rings is 2. The predicted octanol–water partition coefficient (Wildman–Crippen LogP) is 4.56. The summed E-state index contributed by atoms with van der Waals surface area (Å²) < 4.78 is 28.3. The van der Waals surface area contributed by atoms with Gasteiger partial charge in [0.25, 0.3) is 5.91 Å². The third kappa shape index (κ3) is 2.61. The molecule has 1 aromatic heterocycles. The Hall–Kier alpha value is -3.61. The van der Waals surface area contributed by atoms with Gasteiger partial charge in [-0.3, -0.25) is 9.36 Å². The molecule has 1 heterocycles. The summed E-state index contributed by atoms with van der Waals surface area (Å²) in [4.78, 5) is 12.4. The van der Waals surface area contributed by atoms with Gasteiger partial charge >= 0.3 is 0 Å². The molecule has 0 radical (unpaired) electrons. The maximum absolute atomic E-state index is 13.7. The molecule has 1 amide bonds. The highest BCUT2D eigenvalue weighted by molar-refractivity contribution is 6.04. The van der Waals surface area contributed by atoms with Crippen LogP contribution in [0.4, 0.5) is 14.5 Å². The predicted molar refractivity (Wildman–Crippen MR) is 103 cm³/mol. The van der Waals surface area contributed by atoms with Crippen molar-refractivity contribution in [3.05, 3.63) is 82.9 Å². The summed E-state index contributed by atoms with van der Waals surface area (Å²) in [6.07, 6.45) is 4.94. The number of allylic oxidation sites excluding steroid dienone is 2. The van der Waals surface area contributed by atoms with Crippen molar-refractivity contribution in [2.45, 2.75) is 18.3 Å². The van der Waals surface area contributed by atoms with Crippen molar-refractivity contribution < 1.29 is 23.8 Å². The Kier molecular flexibility index (Phi) is 3.74. The number of halogens is 2. The SMILES string of the molecule is O=C(Nc1cc(F)ccc1F)c1ccc(-n2c(O)c3c(c2O)[C@H]2C=C[C@@H]3C2)cc1. The first-order chi connectivity index (χ1) is 13.9. The molecule has 2 aliphatic carbocycles. The average molecular weight is 394 g/mol. The Morgan fingerprint density at radius 1 is 0.966 bits per heavy atom. The Balaban J connectivity index is 1.43. The van der Waals surface area contributed by atoms with Gasteiger partial charge in [-0.05, 0) is 42.8 Å². The number of fused-ring (bicyclic) bond motifs is 5. The van der Waals surface area contributed by atoms with Crippen LogP contribution in [-0.4, -0.2) is 20.7 Å². The molecule has 0 unspecified atom stereocenters. The fourth-order valence-electron chi connectivity index (χ4n) is 4.23. The Bertz CT molecular complexity index is 1150. The highest BCUT2D eigenvalue weighted by Crippen LogP contribution is 2.57. The number of nitrogens with zero attached hydrogens (tertiary/aromatic N) is 1. The monoisotopic (exact) mass is 394 g/mol. The number of hydrogen-bond donors (Lipinski definition) is 3. The number of anilines is 1. The number of hydrogen-bond acceptors (Lipinski definition) is 3. The van der Waals surface area contributed by atoms with Gasteiger partial charge in [0.15, 0.2) is 0 Å². The molecule has 0 fully saturated rings. The van der Waals surface area contributed by atoms with Gasteiger partial charge < -0.3 is 15.5 Å². The fraction of sp³-hybridized carbons (Fsp3) is 0.136. The van der Waals surface area contributed by atoms with Gasteiger partial charge in [0, 0.05) is 34.6 Å². The first kappa shape index (κ1) is 17.5. The van der Waals surface area contributed by atoms with E-state index in [9.17, 15) is 23.8 Å². The van der Waals surface area contributed by atoms with Gasteiger partial charge in [0.1, 0.15) is 11.6 Å². The molecule has 0 saturated carbocycles. The maximum atomic E-state index is 13.7. The van der Waals surface area contributed by atoms with Crippen LogP contribution in [0.1, 0.15) is 39.7 Å². The lowest BCUT2D eigenvalue weighted by molar-refractivity contribution is 0.102. The molecule has 7 heteroatoms. The summed E-state index contributed by atoms with van der Waals surface area (Å²) >= 11 is 0. The largest absolute Gasteiger partial charge is 0.494 e. The van der Waals surface area contributed by atoms with E-state index < -0.39 is 17.5 Å². The summed E-state index contributed by atoms with van der Waals surface area (Å²) in [6, 6.07) is 8.92. The third-order valence-corrected chi connectivity index (χ3v) is 5.59. The Labute approximate surface area is 164 Å². The van der Waals surface area contributed by atoms with E-state index in [1.807, 2.05) is 12.2 Å². The molecule has 2 bridgehead atoms. The summed E-state index contributed by atoms with van der Waals surface area (Å²) in [5.74, 6) is -1.81. The van der Waals surface area contributed by atoms with Crippen molar-refractivity contribution in [1.82, 2.24) is 4.57 Å². The molecule has 29 heavy (non-hydrogen) atoms. The van der Waals surface area contributed by atoms with E-state index in [0.29, 0.717) is 5.69 Å². The van der Waals surface area contributed by atoms with Crippen LogP contribution in [0, 0.1) is 11.6 Å². The van der Waals surface area contributed by atoms with E-state index in [-0.39, 0.29) is 34.8 Å². The summed E-state index contributed by atoms with van der Waals surface area (Å²) in [5, 5.41) is 23.6. The van der Waals surface area contributed by atoms with E-state index in [4.69, 9.17) is 0 Å². The molecule has 3 N–H and O–H groups in total. The van der Waals surface area contributed by atoms with Crippen molar-refractivity contribution in [3.8, 4) is 17.4 Å². The van der Waals surface area contributed by atoms with Gasteiger partial charge in [-0.2, -0.15) is 0 Å². The van der Waals surface area contributed by atoms with Gasteiger partial charge in [-0.15, -0.1) is 0 Å². The molecule has 2 atom stereocenters. The molecule has 0 spiro atoms. The third-order valence-electron chi connectivity index (χ3n) is 5.59. The quantitative estimate of drug-likeness (QED) is 0.570. The molecular weight excluding hydrogens is 378 g/mol. The van der Waals surface area contributed by atoms with Crippen LogP contribution in [-0.2, 0) is 0 Å². The zero-order valence-corrected chi connectivity index (χ0v) is 15.1. The van der Waals surface area contributed by atoms with Crippen LogP contribution in [0.2, 0.25) is 0 Å². The van der Waals surface area contributed by atoms with Crippen molar-refractivity contribution in [3.63, 3.8) is 0 Å². The molecule has 2 aromatic carbocycles. The van der Waals surface area contributed by atoms with Crippen LogP contribution >= 0.6 is 0 Å². The number of aromatic nitrogens is 1. The second kappa shape index (κ2) is 6.20. The lowest BCUT2D eigenvalue weighted by atomic mass is 10.0. The molecule has 146 valence electrons. The number of carbonyl (C=O) groups is 1. The number of rotatable bonds is 3. The van der Waals surface area contributed by atoms with Crippen molar-refractivity contribution in [2.75, 3.05) is 5.32 Å². The Morgan fingerprint density at radius 3 is 2.21 bits per heavy atom. The number of carbonyl (C=O) groups excluding carboxylic acids is 1. The molecule has 5 rings (SSSR count). The lowest BCUT2D eigenvalue weighted by Gasteiger charge is -2.11. The normalized spacial score (nSPS) is 18.8. The summed E-state index contributed by atoms with van der Waals surface area (Å²) in [7, 11) is 0. The minimum absolute atomic E-state index is 0.00613. The molecule has 3 aromatic rings. The zero-order chi connectivity index (χ0) is 20.3.